The van der Waals surface area contributed by atoms with E-state index in [1.165, 1.54) is 12.1 Å². The molecule has 0 saturated carbocycles. The van der Waals surface area contributed by atoms with Crippen LogP contribution < -0.4 is 21.3 Å². The molecule has 1 aromatic carbocycles. The number of halogens is 3. The van der Waals surface area contributed by atoms with Crippen molar-refractivity contribution in [3.8, 4) is 0 Å². The minimum absolute atomic E-state index is 0.0319. The molecule has 1 fully saturated rings. The highest BCUT2D eigenvalue weighted by molar-refractivity contribution is 6.05. The van der Waals surface area contributed by atoms with Crippen molar-refractivity contribution in [2.75, 3.05) is 34.4 Å². The number of carbonyl (C=O) groups is 2. The summed E-state index contributed by atoms with van der Waals surface area (Å²) >= 11 is 0. The van der Waals surface area contributed by atoms with Crippen molar-refractivity contribution in [3.05, 3.63) is 35.4 Å². The predicted molar refractivity (Wildman–Crippen MR) is 104 cm³/mol. The van der Waals surface area contributed by atoms with Crippen molar-refractivity contribution < 1.29 is 22.8 Å². The van der Waals surface area contributed by atoms with E-state index in [4.69, 9.17) is 5.73 Å². The van der Waals surface area contributed by atoms with E-state index < -0.39 is 29.5 Å². The number of anilines is 4. The van der Waals surface area contributed by atoms with E-state index in [-0.39, 0.29) is 29.3 Å². The summed E-state index contributed by atoms with van der Waals surface area (Å²) in [4.78, 5) is 35.6. The zero-order valence-corrected chi connectivity index (χ0v) is 15.8. The maximum absolute atomic E-state index is 12.9. The van der Waals surface area contributed by atoms with Gasteiger partial charge in [0, 0.05) is 25.2 Å². The third kappa shape index (κ3) is 3.87. The van der Waals surface area contributed by atoms with Gasteiger partial charge in [-0.15, -0.1) is 0 Å². The standard InChI is InChI=1S/C19H19F3N6O2/c20-19(21,22)10-4-3-5-11(8-10)24-17(30)12-9-13(29)25-16-14(12)15(23)26-18(27-16)28-6-1-2-7-28/h3-5,8,12H,1-2,6-7,9H2,(H,24,30)(H3,23,25,26,27,29)/t12-/m0/s1. The highest BCUT2D eigenvalue weighted by atomic mass is 19.4. The molecular weight excluding hydrogens is 401 g/mol. The van der Waals surface area contributed by atoms with Crippen LogP contribution in [-0.2, 0) is 15.8 Å². The second kappa shape index (κ2) is 7.47. The van der Waals surface area contributed by atoms with E-state index in [0.717, 1.165) is 38.1 Å². The fraction of sp³-hybridized carbons (Fsp3) is 0.368. The van der Waals surface area contributed by atoms with Gasteiger partial charge in [-0.1, -0.05) is 6.07 Å². The van der Waals surface area contributed by atoms with Gasteiger partial charge in [-0.05, 0) is 31.0 Å². The summed E-state index contributed by atoms with van der Waals surface area (Å²) in [5.41, 5.74) is 5.45. The number of carbonyl (C=O) groups excluding carboxylic acids is 2. The lowest BCUT2D eigenvalue weighted by Gasteiger charge is -2.26. The zero-order chi connectivity index (χ0) is 21.5. The Morgan fingerprint density at radius 3 is 2.67 bits per heavy atom. The minimum Gasteiger partial charge on any atom is -0.383 e. The lowest BCUT2D eigenvalue weighted by molar-refractivity contribution is -0.137. The highest BCUT2D eigenvalue weighted by Gasteiger charge is 2.36. The number of hydrogen-bond acceptors (Lipinski definition) is 6. The van der Waals surface area contributed by atoms with E-state index in [1.807, 2.05) is 4.90 Å². The monoisotopic (exact) mass is 420 g/mol. The molecule has 4 rings (SSSR count). The maximum atomic E-state index is 12.9. The number of amides is 2. The number of aromatic nitrogens is 2. The van der Waals surface area contributed by atoms with Crippen LogP contribution in [0.15, 0.2) is 24.3 Å². The van der Waals surface area contributed by atoms with Crippen molar-refractivity contribution in [1.82, 2.24) is 9.97 Å². The van der Waals surface area contributed by atoms with Crippen LogP contribution in [0.25, 0.3) is 0 Å². The van der Waals surface area contributed by atoms with Crippen molar-refractivity contribution in [2.24, 2.45) is 0 Å². The Balaban J connectivity index is 1.63. The van der Waals surface area contributed by atoms with Gasteiger partial charge in [0.05, 0.1) is 17.0 Å². The number of benzene rings is 1. The maximum Gasteiger partial charge on any atom is 0.416 e. The molecule has 0 aliphatic carbocycles. The number of nitrogen functional groups attached to an aromatic ring is 1. The number of fused-ring (bicyclic) bond motifs is 1. The summed E-state index contributed by atoms with van der Waals surface area (Å²) in [6, 6.07) is 4.27. The van der Waals surface area contributed by atoms with E-state index in [9.17, 15) is 22.8 Å². The van der Waals surface area contributed by atoms with Crippen LogP contribution in [0.2, 0.25) is 0 Å². The molecule has 0 unspecified atom stereocenters. The molecule has 1 aromatic heterocycles. The Hall–Kier alpha value is -3.37. The van der Waals surface area contributed by atoms with Crippen LogP contribution in [-0.4, -0.2) is 34.9 Å². The smallest absolute Gasteiger partial charge is 0.383 e. The van der Waals surface area contributed by atoms with Gasteiger partial charge in [-0.25, -0.2) is 0 Å². The Kier molecular flexibility index (Phi) is 4.96. The molecule has 4 N–H and O–H groups in total. The van der Waals surface area contributed by atoms with E-state index in [0.29, 0.717) is 5.95 Å². The van der Waals surface area contributed by atoms with E-state index in [2.05, 4.69) is 20.6 Å². The molecule has 1 atom stereocenters. The van der Waals surface area contributed by atoms with Crippen LogP contribution in [0.5, 0.6) is 0 Å². The second-order valence-electron chi connectivity index (χ2n) is 7.24. The molecule has 2 aliphatic rings. The van der Waals surface area contributed by atoms with Gasteiger partial charge < -0.3 is 21.3 Å². The SMILES string of the molecule is Nc1nc(N2CCCC2)nc2c1[C@@H](C(=O)Nc1cccc(C(F)(F)F)c1)CC(=O)N2. The van der Waals surface area contributed by atoms with Gasteiger partial charge in [0.25, 0.3) is 0 Å². The number of rotatable bonds is 3. The third-order valence-electron chi connectivity index (χ3n) is 5.12. The molecule has 11 heteroatoms. The molecule has 30 heavy (non-hydrogen) atoms. The molecule has 0 spiro atoms. The van der Waals surface area contributed by atoms with Gasteiger partial charge in [0.15, 0.2) is 0 Å². The zero-order valence-electron chi connectivity index (χ0n) is 15.8. The Morgan fingerprint density at radius 2 is 1.97 bits per heavy atom. The number of alkyl halides is 3. The largest absolute Gasteiger partial charge is 0.416 e. The fourth-order valence-electron chi connectivity index (χ4n) is 3.67. The van der Waals surface area contributed by atoms with Crippen LogP contribution >= 0.6 is 0 Å². The first kappa shape index (κ1) is 19.9. The second-order valence-corrected chi connectivity index (χ2v) is 7.24. The van der Waals surface area contributed by atoms with Gasteiger partial charge in [-0.2, -0.15) is 23.1 Å². The summed E-state index contributed by atoms with van der Waals surface area (Å²) in [6.07, 6.45) is -2.76. The average molecular weight is 420 g/mol. The quantitative estimate of drug-likeness (QED) is 0.704. The van der Waals surface area contributed by atoms with Gasteiger partial charge >= 0.3 is 6.18 Å². The molecule has 8 nitrogen and oxygen atoms in total. The molecular formula is C19H19F3N6O2. The molecule has 3 heterocycles. The van der Waals surface area contributed by atoms with Crippen LogP contribution in [0.1, 0.15) is 36.3 Å². The highest BCUT2D eigenvalue weighted by Crippen LogP contribution is 2.37. The van der Waals surface area contributed by atoms with Crippen LogP contribution in [0.3, 0.4) is 0 Å². The lowest BCUT2D eigenvalue weighted by Crippen LogP contribution is -2.33. The van der Waals surface area contributed by atoms with Crippen molar-refractivity contribution in [1.29, 1.82) is 0 Å². The number of nitrogens with one attached hydrogen (secondary N) is 2. The number of hydrogen-bond donors (Lipinski definition) is 3. The van der Waals surface area contributed by atoms with Gasteiger partial charge in [0.2, 0.25) is 17.8 Å². The lowest BCUT2D eigenvalue weighted by atomic mass is 9.91. The van der Waals surface area contributed by atoms with Crippen molar-refractivity contribution in [2.45, 2.75) is 31.4 Å². The first-order valence-electron chi connectivity index (χ1n) is 9.42. The normalized spacial score (nSPS) is 18.7. The van der Waals surface area contributed by atoms with E-state index >= 15 is 0 Å². The number of nitrogens with two attached hydrogens (primary N) is 1. The summed E-state index contributed by atoms with van der Waals surface area (Å²) in [5.74, 6) is -1.51. The topological polar surface area (TPSA) is 113 Å². The molecule has 2 aromatic rings. The summed E-state index contributed by atoms with van der Waals surface area (Å²) in [7, 11) is 0. The van der Waals surface area contributed by atoms with Gasteiger partial charge in [0.1, 0.15) is 11.6 Å². The Labute approximate surface area is 169 Å². The Morgan fingerprint density at radius 1 is 1.23 bits per heavy atom. The first-order chi connectivity index (χ1) is 14.2. The van der Waals surface area contributed by atoms with Crippen LogP contribution in [0, 0.1) is 0 Å². The molecule has 2 amide bonds. The van der Waals surface area contributed by atoms with Crippen molar-refractivity contribution >= 4 is 35.1 Å². The molecule has 158 valence electrons. The molecule has 0 bridgehead atoms. The Bertz CT molecular complexity index is 1000. The van der Waals surface area contributed by atoms with Crippen LogP contribution in [0.4, 0.5) is 36.4 Å². The number of nitrogens with zero attached hydrogens (tertiary/aromatic N) is 3. The third-order valence-corrected chi connectivity index (χ3v) is 5.12. The summed E-state index contributed by atoms with van der Waals surface area (Å²) in [5, 5.41) is 5.06. The molecule has 2 aliphatic heterocycles. The fourth-order valence-corrected chi connectivity index (χ4v) is 3.67. The van der Waals surface area contributed by atoms with Gasteiger partial charge in [-0.3, -0.25) is 9.59 Å². The van der Waals surface area contributed by atoms with Crippen molar-refractivity contribution in [3.63, 3.8) is 0 Å². The summed E-state index contributed by atoms with van der Waals surface area (Å²) < 4.78 is 38.8. The first-order valence-corrected chi connectivity index (χ1v) is 9.42. The van der Waals surface area contributed by atoms with E-state index in [1.54, 1.807) is 0 Å². The predicted octanol–water partition coefficient (Wildman–Crippen LogP) is 2.74. The molecule has 1 saturated heterocycles. The summed E-state index contributed by atoms with van der Waals surface area (Å²) in [6.45, 7) is 1.54. The average Bonchev–Trinajstić information content (AvgIpc) is 3.21. The molecule has 0 radical (unpaired) electrons. The minimum atomic E-state index is -4.54.